The molecule has 188 valence electrons. The highest BCUT2D eigenvalue weighted by molar-refractivity contribution is 5.55. The Balaban J connectivity index is 1.63. The summed E-state index contributed by atoms with van der Waals surface area (Å²) >= 11 is 0. The van der Waals surface area contributed by atoms with Crippen LogP contribution in [-0.4, -0.2) is 15.1 Å². The van der Waals surface area contributed by atoms with E-state index in [-0.39, 0.29) is 17.2 Å². The van der Waals surface area contributed by atoms with Crippen LogP contribution in [0.1, 0.15) is 110 Å². The Morgan fingerprint density at radius 1 is 0.667 bits per heavy atom. The number of hydrogen-bond donors (Lipinski definition) is 2. The zero-order valence-corrected chi connectivity index (χ0v) is 20.7. The van der Waals surface area contributed by atoms with Gasteiger partial charge in [-0.15, -0.1) is 0 Å². The van der Waals surface area contributed by atoms with Gasteiger partial charge in [0.2, 0.25) is 0 Å². The fraction of sp³-hybridized carbons (Fsp3) is 0.419. The summed E-state index contributed by atoms with van der Waals surface area (Å²) in [6.07, 6.45) is 12.0. The lowest BCUT2D eigenvalue weighted by atomic mass is 9.78. The number of phenols is 2. The summed E-state index contributed by atoms with van der Waals surface area (Å²) in [7, 11) is 0. The molecule has 2 aliphatic carbocycles. The molecule has 0 saturated heterocycles. The van der Waals surface area contributed by atoms with Crippen LogP contribution < -0.4 is 0 Å². The molecule has 0 radical (unpaired) electrons. The Bertz CT molecular complexity index is 1140. The highest BCUT2D eigenvalue weighted by Gasteiger charge is 2.27. The normalized spacial score (nSPS) is 17.4. The monoisotopic (exact) mass is 485 g/mol. The number of hydrogen-bond acceptors (Lipinski definition) is 4. The van der Waals surface area contributed by atoms with E-state index in [1.165, 1.54) is 61.8 Å². The highest BCUT2D eigenvalue weighted by atomic mass is 16.6. The SMILES string of the molecule is O=[N+]([O-])c1ccc(C(c2cc(C3CCCCC3)ccc2O)c2cc(C3CCCCC3)ccc2O)cc1. The average molecular weight is 486 g/mol. The molecule has 2 fully saturated rings. The summed E-state index contributed by atoms with van der Waals surface area (Å²) in [5, 5.41) is 33.5. The molecule has 0 amide bonds. The van der Waals surface area contributed by atoms with Crippen molar-refractivity contribution in [2.45, 2.75) is 82.0 Å². The number of nitrogens with zero attached hydrogens (tertiary/aromatic N) is 1. The predicted molar refractivity (Wildman–Crippen MR) is 142 cm³/mol. The van der Waals surface area contributed by atoms with Gasteiger partial charge in [-0.2, -0.15) is 0 Å². The van der Waals surface area contributed by atoms with E-state index in [2.05, 4.69) is 12.1 Å². The van der Waals surface area contributed by atoms with Crippen molar-refractivity contribution in [3.63, 3.8) is 0 Å². The van der Waals surface area contributed by atoms with Gasteiger partial charge in [0, 0.05) is 29.2 Å². The predicted octanol–water partition coefficient (Wildman–Crippen LogP) is 8.28. The van der Waals surface area contributed by atoms with Gasteiger partial charge in [0.15, 0.2) is 0 Å². The van der Waals surface area contributed by atoms with Gasteiger partial charge >= 0.3 is 0 Å². The molecule has 0 aliphatic heterocycles. The third kappa shape index (κ3) is 5.11. The fourth-order valence-electron chi connectivity index (χ4n) is 6.30. The van der Waals surface area contributed by atoms with Crippen LogP contribution in [0.15, 0.2) is 60.7 Å². The van der Waals surface area contributed by atoms with Crippen LogP contribution in [0.2, 0.25) is 0 Å². The van der Waals surface area contributed by atoms with Crippen molar-refractivity contribution >= 4 is 5.69 Å². The van der Waals surface area contributed by atoms with Gasteiger partial charge < -0.3 is 10.2 Å². The summed E-state index contributed by atoms with van der Waals surface area (Å²) in [6.45, 7) is 0. The molecule has 0 spiro atoms. The van der Waals surface area contributed by atoms with Crippen molar-refractivity contribution in [2.75, 3.05) is 0 Å². The van der Waals surface area contributed by atoms with Crippen LogP contribution in [0.4, 0.5) is 5.69 Å². The maximum absolute atomic E-state index is 11.3. The first-order chi connectivity index (χ1) is 17.5. The van der Waals surface area contributed by atoms with Gasteiger partial charge in [0.1, 0.15) is 11.5 Å². The summed E-state index contributed by atoms with van der Waals surface area (Å²) in [4.78, 5) is 10.9. The van der Waals surface area contributed by atoms with E-state index in [9.17, 15) is 20.3 Å². The summed E-state index contributed by atoms with van der Waals surface area (Å²) in [6, 6.07) is 18.3. The van der Waals surface area contributed by atoms with Crippen LogP contribution in [0.3, 0.4) is 0 Å². The lowest BCUT2D eigenvalue weighted by Gasteiger charge is -2.27. The topological polar surface area (TPSA) is 83.6 Å². The Kier molecular flexibility index (Phi) is 7.26. The number of rotatable bonds is 6. The van der Waals surface area contributed by atoms with E-state index in [1.807, 2.05) is 12.1 Å². The van der Waals surface area contributed by atoms with Gasteiger partial charge in [0.25, 0.3) is 5.69 Å². The summed E-state index contributed by atoms with van der Waals surface area (Å²) < 4.78 is 0. The Labute approximate surface area is 213 Å². The molecular weight excluding hydrogens is 450 g/mol. The zero-order chi connectivity index (χ0) is 25.1. The van der Waals surface area contributed by atoms with E-state index in [4.69, 9.17) is 0 Å². The molecular formula is C31H35NO4. The second-order valence-electron chi connectivity index (χ2n) is 10.6. The number of non-ortho nitro benzene ring substituents is 1. The maximum atomic E-state index is 11.3. The number of nitro benzene ring substituents is 1. The summed E-state index contributed by atoms with van der Waals surface area (Å²) in [5.41, 5.74) is 4.76. The Morgan fingerprint density at radius 3 is 1.53 bits per heavy atom. The second kappa shape index (κ2) is 10.7. The van der Waals surface area contributed by atoms with Crippen molar-refractivity contribution in [2.24, 2.45) is 0 Å². The van der Waals surface area contributed by atoms with Crippen LogP contribution in [-0.2, 0) is 0 Å². The van der Waals surface area contributed by atoms with Gasteiger partial charge in [-0.25, -0.2) is 0 Å². The third-order valence-electron chi connectivity index (χ3n) is 8.32. The van der Waals surface area contributed by atoms with Gasteiger partial charge in [-0.1, -0.05) is 74.9 Å². The molecule has 2 saturated carbocycles. The molecule has 36 heavy (non-hydrogen) atoms. The van der Waals surface area contributed by atoms with Crippen molar-refractivity contribution in [1.82, 2.24) is 0 Å². The molecule has 5 rings (SSSR count). The van der Waals surface area contributed by atoms with E-state index >= 15 is 0 Å². The maximum Gasteiger partial charge on any atom is 0.269 e. The van der Waals surface area contributed by atoms with E-state index in [0.29, 0.717) is 11.8 Å². The van der Waals surface area contributed by atoms with Crippen LogP contribution in [0.5, 0.6) is 11.5 Å². The summed E-state index contributed by atoms with van der Waals surface area (Å²) in [5.74, 6) is 0.870. The minimum Gasteiger partial charge on any atom is -0.508 e. The largest absolute Gasteiger partial charge is 0.508 e. The molecule has 0 heterocycles. The van der Waals surface area contributed by atoms with Crippen molar-refractivity contribution < 1.29 is 15.1 Å². The van der Waals surface area contributed by atoms with E-state index < -0.39 is 10.8 Å². The number of phenolic OH excluding ortho intramolecular Hbond substituents is 2. The molecule has 5 heteroatoms. The number of aromatic hydroxyl groups is 2. The van der Waals surface area contributed by atoms with Crippen molar-refractivity contribution in [1.29, 1.82) is 0 Å². The minimum absolute atomic E-state index is 0.0258. The molecule has 2 aliphatic rings. The minimum atomic E-state index is -0.433. The molecule has 3 aromatic rings. The fourth-order valence-corrected chi connectivity index (χ4v) is 6.30. The quantitative estimate of drug-likeness (QED) is 0.209. The smallest absolute Gasteiger partial charge is 0.269 e. The van der Waals surface area contributed by atoms with Crippen LogP contribution in [0.25, 0.3) is 0 Å². The molecule has 2 N–H and O–H groups in total. The van der Waals surface area contributed by atoms with Crippen LogP contribution >= 0.6 is 0 Å². The lowest BCUT2D eigenvalue weighted by Crippen LogP contribution is -2.10. The Hall–Kier alpha value is -3.34. The van der Waals surface area contributed by atoms with E-state index in [0.717, 1.165) is 42.4 Å². The third-order valence-corrected chi connectivity index (χ3v) is 8.32. The first-order valence-corrected chi connectivity index (χ1v) is 13.4. The highest BCUT2D eigenvalue weighted by Crippen LogP contribution is 2.45. The van der Waals surface area contributed by atoms with Gasteiger partial charge in [0.05, 0.1) is 4.92 Å². The number of nitro groups is 1. The van der Waals surface area contributed by atoms with Crippen molar-refractivity contribution in [3.8, 4) is 11.5 Å². The molecule has 3 aromatic carbocycles. The number of benzene rings is 3. The first-order valence-electron chi connectivity index (χ1n) is 13.4. The van der Waals surface area contributed by atoms with Crippen molar-refractivity contribution in [3.05, 3.63) is 98.6 Å². The molecule has 0 bridgehead atoms. The van der Waals surface area contributed by atoms with Gasteiger partial charge in [-0.3, -0.25) is 10.1 Å². The first kappa shape index (κ1) is 24.4. The standard InChI is InChI=1S/C31H35NO4/c33-29-17-13-24(21-7-3-1-4-8-21)19-27(29)31(23-11-15-26(16-12-23)32(35)36)28-20-25(14-18-30(28)34)22-9-5-2-6-10-22/h11-22,31,33-34H,1-10H2. The van der Waals surface area contributed by atoms with Gasteiger partial charge in [-0.05, 0) is 66.3 Å². The zero-order valence-electron chi connectivity index (χ0n) is 20.7. The molecule has 0 unspecified atom stereocenters. The molecule has 0 atom stereocenters. The second-order valence-corrected chi connectivity index (χ2v) is 10.6. The van der Waals surface area contributed by atoms with E-state index in [1.54, 1.807) is 24.3 Å². The molecule has 0 aromatic heterocycles. The lowest BCUT2D eigenvalue weighted by molar-refractivity contribution is -0.384. The van der Waals surface area contributed by atoms with Crippen LogP contribution in [0, 0.1) is 10.1 Å². The average Bonchev–Trinajstić information content (AvgIpc) is 2.92. The Morgan fingerprint density at radius 2 is 1.11 bits per heavy atom. The molecule has 5 nitrogen and oxygen atoms in total.